The molecule has 2 heterocycles. The second-order valence-electron chi connectivity index (χ2n) is 3.32. The number of thioether (sulfide) groups is 2. The lowest BCUT2D eigenvalue weighted by atomic mass is 10.5. The van der Waals surface area contributed by atoms with Crippen LogP contribution in [-0.2, 0) is 4.79 Å². The second-order valence-corrected chi connectivity index (χ2v) is 6.52. The maximum atomic E-state index is 11.7. The molecule has 0 aromatic carbocycles. The zero-order valence-electron chi connectivity index (χ0n) is 10.1. The number of nitriles is 1. The van der Waals surface area contributed by atoms with Crippen molar-refractivity contribution < 1.29 is 4.79 Å². The molecule has 20 heavy (non-hydrogen) atoms. The van der Waals surface area contributed by atoms with Crippen LogP contribution in [-0.4, -0.2) is 32.6 Å². The van der Waals surface area contributed by atoms with E-state index >= 15 is 0 Å². The van der Waals surface area contributed by atoms with Crippen molar-refractivity contribution in [3.05, 3.63) is 24.4 Å². The minimum Gasteiger partial charge on any atom is -0.300 e. The molecule has 0 aliphatic heterocycles. The molecule has 9 heteroatoms. The van der Waals surface area contributed by atoms with Gasteiger partial charge in [-0.1, -0.05) is 40.9 Å². The summed E-state index contributed by atoms with van der Waals surface area (Å²) in [5.74, 6) is 0.420. The Bertz CT molecular complexity index is 610. The van der Waals surface area contributed by atoms with E-state index in [1.54, 1.807) is 6.20 Å². The van der Waals surface area contributed by atoms with E-state index in [0.717, 1.165) is 5.03 Å². The van der Waals surface area contributed by atoms with Gasteiger partial charge in [-0.3, -0.25) is 10.1 Å². The van der Waals surface area contributed by atoms with Gasteiger partial charge in [0.25, 0.3) is 0 Å². The molecule has 1 amide bonds. The molecule has 6 nitrogen and oxygen atoms in total. The quantitative estimate of drug-likeness (QED) is 0.644. The van der Waals surface area contributed by atoms with E-state index in [0.29, 0.717) is 15.2 Å². The van der Waals surface area contributed by atoms with Crippen molar-refractivity contribution in [3.63, 3.8) is 0 Å². The van der Waals surface area contributed by atoms with E-state index in [4.69, 9.17) is 5.26 Å². The number of anilines is 1. The van der Waals surface area contributed by atoms with E-state index in [1.807, 2.05) is 24.3 Å². The molecule has 0 fully saturated rings. The van der Waals surface area contributed by atoms with Crippen LogP contribution in [0, 0.1) is 11.3 Å². The van der Waals surface area contributed by atoms with Crippen molar-refractivity contribution in [1.29, 1.82) is 5.26 Å². The minimum absolute atomic E-state index is 0.159. The van der Waals surface area contributed by atoms with Crippen molar-refractivity contribution in [2.45, 2.75) is 9.37 Å². The Morgan fingerprint density at radius 2 is 2.30 bits per heavy atom. The lowest BCUT2D eigenvalue weighted by molar-refractivity contribution is -0.113. The maximum absolute atomic E-state index is 11.7. The van der Waals surface area contributed by atoms with Crippen molar-refractivity contribution >= 4 is 45.9 Å². The molecule has 0 aliphatic carbocycles. The minimum atomic E-state index is -0.159. The molecule has 0 atom stereocenters. The van der Waals surface area contributed by atoms with Crippen LogP contribution >= 0.6 is 34.9 Å². The number of amides is 1. The average Bonchev–Trinajstić information content (AvgIpc) is 2.91. The second kappa shape index (κ2) is 7.84. The number of nitrogens with zero attached hydrogens (tertiary/aromatic N) is 4. The molecule has 2 aromatic rings. The van der Waals surface area contributed by atoms with Gasteiger partial charge in [0.05, 0.1) is 22.6 Å². The van der Waals surface area contributed by atoms with Crippen LogP contribution in [0.3, 0.4) is 0 Å². The summed E-state index contributed by atoms with van der Waals surface area (Å²) >= 11 is 3.90. The largest absolute Gasteiger partial charge is 0.300 e. The summed E-state index contributed by atoms with van der Waals surface area (Å²) in [6, 6.07) is 7.55. The molecular formula is C11H9N5OS3. The molecule has 0 radical (unpaired) electrons. The SMILES string of the molecule is N#CCSc1nnc(NC(=O)CSc2ccccn2)s1. The molecular weight excluding hydrogens is 314 g/mol. The number of hydrogen-bond acceptors (Lipinski definition) is 8. The van der Waals surface area contributed by atoms with E-state index in [9.17, 15) is 4.79 Å². The molecule has 0 unspecified atom stereocenters. The van der Waals surface area contributed by atoms with Crippen LogP contribution in [0.4, 0.5) is 5.13 Å². The Labute approximate surface area is 128 Å². The van der Waals surface area contributed by atoms with Crippen molar-refractivity contribution in [2.75, 3.05) is 16.8 Å². The first-order chi connectivity index (χ1) is 9.78. The van der Waals surface area contributed by atoms with Gasteiger partial charge in [0.15, 0.2) is 4.34 Å². The average molecular weight is 323 g/mol. The smallest absolute Gasteiger partial charge is 0.236 e. The highest BCUT2D eigenvalue weighted by Crippen LogP contribution is 2.25. The monoisotopic (exact) mass is 323 g/mol. The molecule has 0 saturated heterocycles. The van der Waals surface area contributed by atoms with E-state index in [-0.39, 0.29) is 11.7 Å². The fourth-order valence-electron chi connectivity index (χ4n) is 1.14. The lowest BCUT2D eigenvalue weighted by Gasteiger charge is -2.00. The molecule has 1 N–H and O–H groups in total. The van der Waals surface area contributed by atoms with Gasteiger partial charge in [-0.05, 0) is 12.1 Å². The number of pyridine rings is 1. The van der Waals surface area contributed by atoms with Crippen LogP contribution in [0.5, 0.6) is 0 Å². The van der Waals surface area contributed by atoms with Crippen molar-refractivity contribution in [2.24, 2.45) is 0 Å². The highest BCUT2D eigenvalue weighted by molar-refractivity contribution is 8.01. The van der Waals surface area contributed by atoms with Gasteiger partial charge in [0.1, 0.15) is 0 Å². The molecule has 0 bridgehead atoms. The van der Waals surface area contributed by atoms with Gasteiger partial charge >= 0.3 is 0 Å². The standard InChI is InChI=1S/C11H9N5OS3/c12-4-6-18-11-16-15-10(20-11)14-8(17)7-19-9-3-1-2-5-13-9/h1-3,5H,6-7H2,(H,14,15,17). The first-order valence-corrected chi connectivity index (χ1v) is 8.23. The highest BCUT2D eigenvalue weighted by Gasteiger charge is 2.09. The Balaban J connectivity index is 1.79. The first-order valence-electron chi connectivity index (χ1n) is 5.45. The Morgan fingerprint density at radius 3 is 3.05 bits per heavy atom. The van der Waals surface area contributed by atoms with Gasteiger partial charge in [-0.15, -0.1) is 10.2 Å². The summed E-state index contributed by atoms with van der Waals surface area (Å²) in [5.41, 5.74) is 0. The van der Waals surface area contributed by atoms with Crippen molar-refractivity contribution in [3.8, 4) is 6.07 Å². The third kappa shape index (κ3) is 4.80. The fraction of sp³-hybridized carbons (Fsp3) is 0.182. The molecule has 0 aliphatic rings. The topological polar surface area (TPSA) is 91.6 Å². The lowest BCUT2D eigenvalue weighted by Crippen LogP contribution is -2.13. The Hall–Kier alpha value is -1.63. The summed E-state index contributed by atoms with van der Waals surface area (Å²) < 4.78 is 0.666. The van der Waals surface area contributed by atoms with Crippen LogP contribution in [0.25, 0.3) is 0 Å². The fourth-order valence-corrected chi connectivity index (χ4v) is 3.23. The van der Waals surface area contributed by atoms with Crippen LogP contribution in [0.1, 0.15) is 0 Å². The van der Waals surface area contributed by atoms with Gasteiger partial charge in [-0.2, -0.15) is 5.26 Å². The van der Waals surface area contributed by atoms with Gasteiger partial charge in [0.2, 0.25) is 11.0 Å². The molecule has 0 saturated carbocycles. The van der Waals surface area contributed by atoms with Gasteiger partial charge < -0.3 is 0 Å². The van der Waals surface area contributed by atoms with Crippen LogP contribution in [0.15, 0.2) is 33.8 Å². The van der Waals surface area contributed by atoms with Crippen LogP contribution < -0.4 is 5.32 Å². The molecule has 2 rings (SSSR count). The number of carbonyl (C=O) groups is 1. The van der Waals surface area contributed by atoms with Gasteiger partial charge in [0, 0.05) is 6.20 Å². The van der Waals surface area contributed by atoms with Crippen LogP contribution in [0.2, 0.25) is 0 Å². The number of hydrogen-bond donors (Lipinski definition) is 1. The number of nitrogens with one attached hydrogen (secondary N) is 1. The number of rotatable bonds is 6. The summed E-state index contributed by atoms with van der Waals surface area (Å²) in [6.45, 7) is 0. The highest BCUT2D eigenvalue weighted by atomic mass is 32.2. The number of aromatic nitrogens is 3. The number of carbonyl (C=O) groups excluding carboxylic acids is 1. The summed E-state index contributed by atoms with van der Waals surface area (Å²) in [5, 5.41) is 20.1. The van der Waals surface area contributed by atoms with E-state index < -0.39 is 0 Å². The van der Waals surface area contributed by atoms with Gasteiger partial charge in [-0.25, -0.2) is 4.98 Å². The Kier molecular flexibility index (Phi) is 5.79. The predicted octanol–water partition coefficient (Wildman–Crippen LogP) is 2.28. The normalized spacial score (nSPS) is 9.95. The third-order valence-corrected chi connectivity index (χ3v) is 4.68. The third-order valence-electron chi connectivity index (χ3n) is 1.90. The summed E-state index contributed by atoms with van der Waals surface area (Å²) in [4.78, 5) is 15.8. The van der Waals surface area contributed by atoms with E-state index in [1.165, 1.54) is 34.9 Å². The summed E-state index contributed by atoms with van der Waals surface area (Å²) in [6.07, 6.45) is 1.68. The summed E-state index contributed by atoms with van der Waals surface area (Å²) in [7, 11) is 0. The zero-order chi connectivity index (χ0) is 14.2. The Morgan fingerprint density at radius 1 is 1.40 bits per heavy atom. The predicted molar refractivity (Wildman–Crippen MR) is 79.8 cm³/mol. The van der Waals surface area contributed by atoms with Crippen molar-refractivity contribution in [1.82, 2.24) is 15.2 Å². The first kappa shape index (κ1) is 14.8. The zero-order valence-corrected chi connectivity index (χ0v) is 12.6. The molecule has 0 spiro atoms. The van der Waals surface area contributed by atoms with E-state index in [2.05, 4.69) is 20.5 Å². The molecule has 2 aromatic heterocycles. The maximum Gasteiger partial charge on any atom is 0.236 e. The molecule has 102 valence electrons.